The van der Waals surface area contributed by atoms with Gasteiger partial charge in [0.1, 0.15) is 17.8 Å². The number of hydrogen-bond donors (Lipinski definition) is 1. The van der Waals surface area contributed by atoms with E-state index in [0.717, 1.165) is 16.9 Å². The Hall–Kier alpha value is -2.63. The molecule has 0 bridgehead atoms. The Morgan fingerprint density at radius 2 is 2.05 bits per heavy atom. The largest absolute Gasteiger partial charge is 0.494 e. The first-order chi connectivity index (χ1) is 10.5. The molecule has 0 fully saturated rings. The average Bonchev–Trinajstić information content (AvgIpc) is 2.47. The number of ether oxygens (including phenoxy) is 1. The summed E-state index contributed by atoms with van der Waals surface area (Å²) < 4.78 is 5.51. The highest BCUT2D eigenvalue weighted by molar-refractivity contribution is 5.47. The smallest absolute Gasteiger partial charge is 0.290 e. The van der Waals surface area contributed by atoms with Crippen molar-refractivity contribution in [2.24, 2.45) is 0 Å². The van der Waals surface area contributed by atoms with Crippen molar-refractivity contribution >= 4 is 11.5 Å². The molecule has 6 nitrogen and oxygen atoms in total. The summed E-state index contributed by atoms with van der Waals surface area (Å²) in [5.41, 5.74) is 2.79. The standard InChI is InChI=1S/C16H19N3O3/c1-4-22-15-6-5-13(7-12(15)3)9-17-16-8-11(2)14(10-18-16)19(20)21/h5-8,10H,4,9H2,1-3H3,(H,17,18). The number of nitrogens with zero attached hydrogens (tertiary/aromatic N) is 2. The summed E-state index contributed by atoms with van der Waals surface area (Å²) in [5.74, 6) is 1.50. The summed E-state index contributed by atoms with van der Waals surface area (Å²) in [5, 5.41) is 13.9. The Bertz CT molecular complexity index is 686. The van der Waals surface area contributed by atoms with Crippen molar-refractivity contribution in [3.8, 4) is 5.75 Å². The number of anilines is 1. The van der Waals surface area contributed by atoms with Crippen molar-refractivity contribution in [1.82, 2.24) is 4.98 Å². The van der Waals surface area contributed by atoms with Crippen molar-refractivity contribution in [1.29, 1.82) is 0 Å². The molecule has 0 saturated heterocycles. The van der Waals surface area contributed by atoms with E-state index in [1.165, 1.54) is 6.20 Å². The lowest BCUT2D eigenvalue weighted by atomic mass is 10.1. The third-order valence-corrected chi connectivity index (χ3v) is 3.29. The Balaban J connectivity index is 2.05. The van der Waals surface area contributed by atoms with Gasteiger partial charge in [-0.1, -0.05) is 12.1 Å². The Kier molecular flexibility index (Phi) is 4.93. The van der Waals surface area contributed by atoms with Crippen molar-refractivity contribution < 1.29 is 9.66 Å². The molecule has 0 aliphatic heterocycles. The molecule has 6 heteroatoms. The molecule has 0 aliphatic rings. The fraction of sp³-hybridized carbons (Fsp3) is 0.312. The van der Waals surface area contributed by atoms with E-state index in [1.54, 1.807) is 13.0 Å². The molecule has 0 aliphatic carbocycles. The zero-order valence-corrected chi connectivity index (χ0v) is 12.9. The van der Waals surface area contributed by atoms with Gasteiger partial charge in [0.05, 0.1) is 11.5 Å². The van der Waals surface area contributed by atoms with Crippen molar-refractivity contribution in [2.75, 3.05) is 11.9 Å². The third-order valence-electron chi connectivity index (χ3n) is 3.29. The van der Waals surface area contributed by atoms with Crippen LogP contribution in [-0.4, -0.2) is 16.5 Å². The highest BCUT2D eigenvalue weighted by atomic mass is 16.6. The first-order valence-electron chi connectivity index (χ1n) is 7.08. The second-order valence-corrected chi connectivity index (χ2v) is 5.00. The first-order valence-corrected chi connectivity index (χ1v) is 7.08. The van der Waals surface area contributed by atoms with Gasteiger partial charge in [-0.3, -0.25) is 10.1 Å². The summed E-state index contributed by atoms with van der Waals surface area (Å²) in [7, 11) is 0. The number of pyridine rings is 1. The number of aromatic nitrogens is 1. The zero-order chi connectivity index (χ0) is 16.1. The number of nitrogens with one attached hydrogen (secondary N) is 1. The van der Waals surface area contributed by atoms with Gasteiger partial charge in [0.2, 0.25) is 0 Å². The molecule has 2 rings (SSSR count). The van der Waals surface area contributed by atoms with E-state index in [-0.39, 0.29) is 5.69 Å². The summed E-state index contributed by atoms with van der Waals surface area (Å²) >= 11 is 0. The fourth-order valence-corrected chi connectivity index (χ4v) is 2.17. The number of aryl methyl sites for hydroxylation is 2. The minimum Gasteiger partial charge on any atom is -0.494 e. The Labute approximate surface area is 129 Å². The minimum absolute atomic E-state index is 0.0301. The lowest BCUT2D eigenvalue weighted by Gasteiger charge is -2.10. The lowest BCUT2D eigenvalue weighted by molar-refractivity contribution is -0.385. The molecule has 1 aromatic carbocycles. The monoisotopic (exact) mass is 301 g/mol. The molecule has 0 amide bonds. The Morgan fingerprint density at radius 1 is 1.27 bits per heavy atom. The highest BCUT2D eigenvalue weighted by Crippen LogP contribution is 2.21. The molecular formula is C16H19N3O3. The van der Waals surface area contributed by atoms with Crippen LogP contribution in [0.1, 0.15) is 23.6 Å². The van der Waals surface area contributed by atoms with Crippen molar-refractivity contribution in [3.05, 3.63) is 57.3 Å². The quantitative estimate of drug-likeness (QED) is 0.651. The summed E-state index contributed by atoms with van der Waals surface area (Å²) in [6.45, 7) is 6.90. The van der Waals surface area contributed by atoms with Crippen LogP contribution in [0, 0.1) is 24.0 Å². The fourth-order valence-electron chi connectivity index (χ4n) is 2.17. The van der Waals surface area contributed by atoms with E-state index in [2.05, 4.69) is 16.4 Å². The van der Waals surface area contributed by atoms with Crippen LogP contribution in [0.3, 0.4) is 0 Å². The van der Waals surface area contributed by atoms with Gasteiger partial charge in [-0.05, 0) is 44.0 Å². The van der Waals surface area contributed by atoms with E-state index in [0.29, 0.717) is 24.5 Å². The van der Waals surface area contributed by atoms with Crippen LogP contribution in [0.15, 0.2) is 30.5 Å². The van der Waals surface area contributed by atoms with Gasteiger partial charge in [0.25, 0.3) is 5.69 Å². The average molecular weight is 301 g/mol. The summed E-state index contributed by atoms with van der Waals surface area (Å²) in [6, 6.07) is 7.67. The van der Waals surface area contributed by atoms with E-state index >= 15 is 0 Å². The third kappa shape index (κ3) is 3.72. The van der Waals surface area contributed by atoms with Crippen LogP contribution in [-0.2, 0) is 6.54 Å². The van der Waals surface area contributed by atoms with Gasteiger partial charge >= 0.3 is 0 Å². The molecule has 0 unspecified atom stereocenters. The van der Waals surface area contributed by atoms with Crippen molar-refractivity contribution in [3.63, 3.8) is 0 Å². The topological polar surface area (TPSA) is 77.3 Å². The molecule has 1 N–H and O–H groups in total. The zero-order valence-electron chi connectivity index (χ0n) is 12.9. The summed E-state index contributed by atoms with van der Waals surface area (Å²) in [4.78, 5) is 14.4. The maximum atomic E-state index is 10.8. The van der Waals surface area contributed by atoms with Crippen LogP contribution in [0.2, 0.25) is 0 Å². The summed E-state index contributed by atoms with van der Waals surface area (Å²) in [6.07, 6.45) is 1.28. The van der Waals surface area contributed by atoms with Crippen LogP contribution >= 0.6 is 0 Å². The van der Waals surface area contributed by atoms with Gasteiger partial charge in [-0.25, -0.2) is 4.98 Å². The molecule has 22 heavy (non-hydrogen) atoms. The molecule has 0 radical (unpaired) electrons. The second-order valence-electron chi connectivity index (χ2n) is 5.00. The Morgan fingerprint density at radius 3 is 2.64 bits per heavy atom. The van der Waals surface area contributed by atoms with E-state index in [4.69, 9.17) is 4.74 Å². The maximum Gasteiger partial charge on any atom is 0.290 e. The molecule has 1 aromatic heterocycles. The molecule has 0 atom stereocenters. The van der Waals surface area contributed by atoms with Gasteiger partial charge in [-0.2, -0.15) is 0 Å². The molecule has 0 spiro atoms. The number of hydrogen-bond acceptors (Lipinski definition) is 5. The van der Waals surface area contributed by atoms with Gasteiger partial charge < -0.3 is 10.1 Å². The van der Waals surface area contributed by atoms with Gasteiger partial charge in [0.15, 0.2) is 0 Å². The highest BCUT2D eigenvalue weighted by Gasteiger charge is 2.11. The maximum absolute atomic E-state index is 10.8. The van der Waals surface area contributed by atoms with Crippen molar-refractivity contribution in [2.45, 2.75) is 27.3 Å². The number of nitro groups is 1. The second kappa shape index (κ2) is 6.89. The van der Waals surface area contributed by atoms with E-state index < -0.39 is 4.92 Å². The van der Waals surface area contributed by atoms with Crippen LogP contribution < -0.4 is 10.1 Å². The first kappa shape index (κ1) is 15.8. The molecular weight excluding hydrogens is 282 g/mol. The molecule has 116 valence electrons. The van der Waals surface area contributed by atoms with Gasteiger partial charge in [-0.15, -0.1) is 0 Å². The lowest BCUT2D eigenvalue weighted by Crippen LogP contribution is -2.03. The van der Waals surface area contributed by atoms with Crippen LogP contribution in [0.25, 0.3) is 0 Å². The molecule has 0 saturated carbocycles. The molecule has 2 aromatic rings. The van der Waals surface area contributed by atoms with E-state index in [9.17, 15) is 10.1 Å². The predicted octanol–water partition coefficient (Wildman–Crippen LogP) is 3.62. The predicted molar refractivity (Wildman–Crippen MR) is 85.3 cm³/mol. The van der Waals surface area contributed by atoms with Crippen LogP contribution in [0.4, 0.5) is 11.5 Å². The minimum atomic E-state index is -0.429. The molecule has 1 heterocycles. The SMILES string of the molecule is CCOc1ccc(CNc2cc(C)c([N+](=O)[O-])cn2)cc1C. The van der Waals surface area contributed by atoms with E-state index in [1.807, 2.05) is 26.0 Å². The van der Waals surface area contributed by atoms with Gasteiger partial charge in [0, 0.05) is 12.1 Å². The number of benzene rings is 1. The van der Waals surface area contributed by atoms with Crippen LogP contribution in [0.5, 0.6) is 5.75 Å². The number of rotatable bonds is 6. The normalized spacial score (nSPS) is 10.3.